The fourth-order valence-corrected chi connectivity index (χ4v) is 3.25. The lowest BCUT2D eigenvalue weighted by Gasteiger charge is -2.46. The van der Waals surface area contributed by atoms with Crippen LogP contribution in [0.15, 0.2) is 24.4 Å². The smallest absolute Gasteiger partial charge is 0.219 e. The van der Waals surface area contributed by atoms with Crippen molar-refractivity contribution in [1.29, 1.82) is 0 Å². The molecule has 1 fully saturated rings. The number of benzene rings is 1. The number of rotatable bonds is 3. The van der Waals surface area contributed by atoms with Gasteiger partial charge in [-0.05, 0) is 32.0 Å². The van der Waals surface area contributed by atoms with Crippen molar-refractivity contribution in [2.75, 3.05) is 19.6 Å². The van der Waals surface area contributed by atoms with Crippen molar-refractivity contribution in [1.82, 2.24) is 24.8 Å². The van der Waals surface area contributed by atoms with Gasteiger partial charge in [-0.2, -0.15) is 0 Å². The average Bonchev–Trinajstić information content (AvgIpc) is 3.00. The number of amides is 1. The van der Waals surface area contributed by atoms with Crippen molar-refractivity contribution >= 4 is 17.5 Å². The third kappa shape index (κ3) is 3.82. The Balaban J connectivity index is 1.73. The summed E-state index contributed by atoms with van der Waals surface area (Å²) in [5.41, 5.74) is 1.32. The third-order valence-electron chi connectivity index (χ3n) is 4.58. The maximum absolute atomic E-state index is 13.3. The SMILES string of the molecule is CC(=O)N1CCN(Cc2cn(-c3ccc(F)c(Cl)c3)nn2)C(C)(C)C1. The standard InChI is InChI=1S/C17H21ClFN5O/c1-12(25)22-6-7-23(17(2,3)11-22)9-13-10-24(21-20-13)14-4-5-16(19)15(18)8-14/h4-5,8,10H,6-7,9,11H2,1-3H3. The number of hydrogen-bond acceptors (Lipinski definition) is 4. The largest absolute Gasteiger partial charge is 0.340 e. The van der Waals surface area contributed by atoms with Crippen LogP contribution in [-0.2, 0) is 11.3 Å². The molecule has 134 valence electrons. The van der Waals surface area contributed by atoms with Crippen molar-refractivity contribution in [2.24, 2.45) is 0 Å². The maximum atomic E-state index is 13.3. The maximum Gasteiger partial charge on any atom is 0.219 e. The van der Waals surface area contributed by atoms with Gasteiger partial charge in [0, 0.05) is 38.6 Å². The summed E-state index contributed by atoms with van der Waals surface area (Å²) in [7, 11) is 0. The van der Waals surface area contributed by atoms with Crippen LogP contribution in [-0.4, -0.2) is 55.9 Å². The summed E-state index contributed by atoms with van der Waals surface area (Å²) in [5.74, 6) is -0.359. The number of hydrogen-bond donors (Lipinski definition) is 0. The second-order valence-corrected chi connectivity index (χ2v) is 7.33. The number of carbonyl (C=O) groups is 1. The van der Waals surface area contributed by atoms with Gasteiger partial charge in [0.15, 0.2) is 0 Å². The molecule has 2 heterocycles. The van der Waals surface area contributed by atoms with E-state index in [1.807, 2.05) is 11.1 Å². The predicted octanol–water partition coefficient (Wildman–Crippen LogP) is 2.50. The molecule has 2 aromatic rings. The van der Waals surface area contributed by atoms with Gasteiger partial charge in [0.2, 0.25) is 5.91 Å². The van der Waals surface area contributed by atoms with Crippen LogP contribution < -0.4 is 0 Å². The van der Waals surface area contributed by atoms with Gasteiger partial charge >= 0.3 is 0 Å². The highest BCUT2D eigenvalue weighted by Crippen LogP contribution is 2.23. The average molecular weight is 366 g/mol. The van der Waals surface area contributed by atoms with Crippen molar-refractivity contribution in [2.45, 2.75) is 32.9 Å². The molecular weight excluding hydrogens is 345 g/mol. The van der Waals surface area contributed by atoms with Crippen molar-refractivity contribution in [3.05, 3.63) is 40.9 Å². The molecule has 1 aromatic carbocycles. The second kappa shape index (κ2) is 6.72. The highest BCUT2D eigenvalue weighted by Gasteiger charge is 2.34. The first-order chi connectivity index (χ1) is 11.8. The van der Waals surface area contributed by atoms with Crippen LogP contribution in [0.5, 0.6) is 0 Å². The minimum atomic E-state index is -0.462. The molecule has 0 saturated carbocycles. The zero-order valence-corrected chi connectivity index (χ0v) is 15.3. The van der Waals surface area contributed by atoms with E-state index in [9.17, 15) is 9.18 Å². The van der Waals surface area contributed by atoms with Crippen LogP contribution in [0.25, 0.3) is 5.69 Å². The van der Waals surface area contributed by atoms with E-state index < -0.39 is 5.82 Å². The molecule has 1 aromatic heterocycles. The zero-order valence-electron chi connectivity index (χ0n) is 14.5. The van der Waals surface area contributed by atoms with Crippen LogP contribution in [0.2, 0.25) is 5.02 Å². The van der Waals surface area contributed by atoms with Gasteiger partial charge in [-0.3, -0.25) is 9.69 Å². The van der Waals surface area contributed by atoms with Crippen molar-refractivity contribution in [3.8, 4) is 5.69 Å². The van der Waals surface area contributed by atoms with E-state index in [-0.39, 0.29) is 16.5 Å². The minimum Gasteiger partial charge on any atom is -0.340 e. The fraction of sp³-hybridized carbons (Fsp3) is 0.471. The van der Waals surface area contributed by atoms with E-state index in [0.717, 1.165) is 12.2 Å². The summed E-state index contributed by atoms with van der Waals surface area (Å²) in [6, 6.07) is 4.43. The van der Waals surface area contributed by atoms with Gasteiger partial charge in [-0.1, -0.05) is 16.8 Å². The van der Waals surface area contributed by atoms with Gasteiger partial charge in [0.05, 0.1) is 22.6 Å². The molecule has 6 nitrogen and oxygen atoms in total. The van der Waals surface area contributed by atoms with Crippen molar-refractivity contribution < 1.29 is 9.18 Å². The first-order valence-electron chi connectivity index (χ1n) is 8.13. The molecule has 1 aliphatic heterocycles. The van der Waals surface area contributed by atoms with Crippen LogP contribution >= 0.6 is 11.6 Å². The molecule has 1 amide bonds. The number of piperazine rings is 1. The van der Waals surface area contributed by atoms with Crippen LogP contribution in [0.1, 0.15) is 26.5 Å². The number of carbonyl (C=O) groups excluding carboxylic acids is 1. The van der Waals surface area contributed by atoms with Crippen LogP contribution in [0.4, 0.5) is 4.39 Å². The fourth-order valence-electron chi connectivity index (χ4n) is 3.07. The molecular formula is C17H21ClFN5O. The lowest BCUT2D eigenvalue weighted by molar-refractivity contribution is -0.134. The molecule has 8 heteroatoms. The summed E-state index contributed by atoms with van der Waals surface area (Å²) in [4.78, 5) is 15.8. The molecule has 1 saturated heterocycles. The lowest BCUT2D eigenvalue weighted by atomic mass is 9.98. The summed E-state index contributed by atoms with van der Waals surface area (Å²) in [6.45, 7) is 8.64. The molecule has 1 aliphatic rings. The summed E-state index contributed by atoms with van der Waals surface area (Å²) < 4.78 is 14.9. The zero-order chi connectivity index (χ0) is 18.2. The summed E-state index contributed by atoms with van der Waals surface area (Å²) in [6.07, 6.45) is 1.82. The Kier molecular flexibility index (Phi) is 4.79. The highest BCUT2D eigenvalue weighted by molar-refractivity contribution is 6.30. The molecule has 0 unspecified atom stereocenters. The Morgan fingerprint density at radius 3 is 2.76 bits per heavy atom. The third-order valence-corrected chi connectivity index (χ3v) is 4.87. The molecule has 0 spiro atoms. The Hall–Kier alpha value is -1.99. The van der Waals surface area contributed by atoms with Crippen LogP contribution in [0, 0.1) is 5.82 Å². The molecule has 0 aliphatic carbocycles. The van der Waals surface area contributed by atoms with Crippen molar-refractivity contribution in [3.63, 3.8) is 0 Å². The molecule has 0 bridgehead atoms. The Morgan fingerprint density at radius 1 is 1.36 bits per heavy atom. The first kappa shape index (κ1) is 17.8. The quantitative estimate of drug-likeness (QED) is 0.838. The van der Waals surface area contributed by atoms with E-state index in [4.69, 9.17) is 11.6 Å². The monoisotopic (exact) mass is 365 g/mol. The van der Waals surface area contributed by atoms with Gasteiger partial charge in [-0.25, -0.2) is 9.07 Å². The first-order valence-corrected chi connectivity index (χ1v) is 8.51. The van der Waals surface area contributed by atoms with E-state index in [2.05, 4.69) is 29.1 Å². The second-order valence-electron chi connectivity index (χ2n) is 6.93. The molecule has 3 rings (SSSR count). The minimum absolute atomic E-state index is 0.0519. The molecule has 0 atom stereocenters. The topological polar surface area (TPSA) is 54.3 Å². The van der Waals surface area contributed by atoms with Gasteiger partial charge in [0.1, 0.15) is 5.82 Å². The number of aromatic nitrogens is 3. The predicted molar refractivity (Wildman–Crippen MR) is 93.1 cm³/mol. The van der Waals surface area contributed by atoms with Crippen LogP contribution in [0.3, 0.4) is 0 Å². The van der Waals surface area contributed by atoms with E-state index in [1.54, 1.807) is 17.7 Å². The molecule has 0 radical (unpaired) electrons. The van der Waals surface area contributed by atoms with Gasteiger partial charge in [0.25, 0.3) is 0 Å². The van der Waals surface area contributed by atoms with E-state index in [1.165, 1.54) is 12.1 Å². The van der Waals surface area contributed by atoms with E-state index in [0.29, 0.717) is 25.3 Å². The van der Waals surface area contributed by atoms with Gasteiger partial charge in [-0.15, -0.1) is 5.10 Å². The highest BCUT2D eigenvalue weighted by atomic mass is 35.5. The molecule has 25 heavy (non-hydrogen) atoms. The molecule has 0 N–H and O–H groups in total. The Labute approximate surface area is 151 Å². The Bertz CT molecular complexity index is 791. The summed E-state index contributed by atoms with van der Waals surface area (Å²) in [5, 5.41) is 8.37. The summed E-state index contributed by atoms with van der Waals surface area (Å²) >= 11 is 5.83. The number of halogens is 2. The van der Waals surface area contributed by atoms with E-state index >= 15 is 0 Å². The lowest BCUT2D eigenvalue weighted by Crippen LogP contribution is -2.59. The number of nitrogens with zero attached hydrogens (tertiary/aromatic N) is 5. The Morgan fingerprint density at radius 2 is 2.12 bits per heavy atom. The normalized spacial score (nSPS) is 17.7. The van der Waals surface area contributed by atoms with Gasteiger partial charge < -0.3 is 4.90 Å².